The number of aromatic nitrogens is 1. The second kappa shape index (κ2) is 5.60. The van der Waals surface area contributed by atoms with Gasteiger partial charge in [0.1, 0.15) is 5.69 Å². The van der Waals surface area contributed by atoms with E-state index in [0.717, 1.165) is 9.88 Å². The molecule has 0 saturated carbocycles. The summed E-state index contributed by atoms with van der Waals surface area (Å²) in [6.07, 6.45) is 0.499. The van der Waals surface area contributed by atoms with E-state index in [2.05, 4.69) is 10.3 Å². The number of hydrogen-bond donors (Lipinski definition) is 2. The van der Waals surface area contributed by atoms with Gasteiger partial charge in [-0.05, 0) is 20.3 Å². The highest BCUT2D eigenvalue weighted by atomic mass is 32.1. The molecule has 0 saturated heterocycles. The summed E-state index contributed by atoms with van der Waals surface area (Å²) in [4.78, 5) is 26.9. The molecule has 6 heteroatoms. The molecule has 0 fully saturated rings. The molecule has 88 valence electrons. The standard InChI is InChI=1S/C10H14N2O3S/c1-6-9(12-7(2)16-6)10(15)11-5-3-4-8(13)14/h3-5H2,1-2H3,(H,11,15)(H,13,14). The summed E-state index contributed by atoms with van der Waals surface area (Å²) in [6, 6.07) is 0. The summed E-state index contributed by atoms with van der Waals surface area (Å²) in [5, 5.41) is 11.9. The zero-order valence-electron chi connectivity index (χ0n) is 9.24. The van der Waals surface area contributed by atoms with Crippen LogP contribution in [0.1, 0.15) is 33.2 Å². The maximum absolute atomic E-state index is 11.6. The first kappa shape index (κ1) is 12.6. The largest absolute Gasteiger partial charge is 0.481 e. The van der Waals surface area contributed by atoms with Gasteiger partial charge < -0.3 is 10.4 Å². The Morgan fingerprint density at radius 1 is 1.44 bits per heavy atom. The predicted molar refractivity (Wildman–Crippen MR) is 60.8 cm³/mol. The van der Waals surface area contributed by atoms with E-state index in [-0.39, 0.29) is 12.3 Å². The number of carboxylic acids is 1. The summed E-state index contributed by atoms with van der Waals surface area (Å²) < 4.78 is 0. The minimum Gasteiger partial charge on any atom is -0.481 e. The van der Waals surface area contributed by atoms with Gasteiger partial charge in [-0.2, -0.15) is 0 Å². The molecule has 0 spiro atoms. The normalized spacial score (nSPS) is 10.1. The predicted octanol–water partition coefficient (Wildman–Crippen LogP) is 1.35. The molecule has 16 heavy (non-hydrogen) atoms. The lowest BCUT2D eigenvalue weighted by molar-refractivity contribution is -0.137. The van der Waals surface area contributed by atoms with E-state index in [1.165, 1.54) is 11.3 Å². The number of aryl methyl sites for hydroxylation is 2. The van der Waals surface area contributed by atoms with Crippen LogP contribution in [0, 0.1) is 13.8 Å². The van der Waals surface area contributed by atoms with Gasteiger partial charge in [0, 0.05) is 17.8 Å². The topological polar surface area (TPSA) is 79.3 Å². The number of rotatable bonds is 5. The van der Waals surface area contributed by atoms with Crippen LogP contribution < -0.4 is 5.32 Å². The smallest absolute Gasteiger partial charge is 0.303 e. The highest BCUT2D eigenvalue weighted by molar-refractivity contribution is 7.11. The second-order valence-corrected chi connectivity index (χ2v) is 4.80. The molecular weight excluding hydrogens is 228 g/mol. The van der Waals surface area contributed by atoms with Crippen molar-refractivity contribution in [3.63, 3.8) is 0 Å². The molecule has 0 atom stereocenters. The molecule has 0 bridgehead atoms. The number of hydrogen-bond acceptors (Lipinski definition) is 4. The third-order valence-electron chi connectivity index (χ3n) is 1.97. The van der Waals surface area contributed by atoms with Crippen molar-refractivity contribution in [2.24, 2.45) is 0 Å². The number of amides is 1. The van der Waals surface area contributed by atoms with Crippen LogP contribution in [-0.4, -0.2) is 28.5 Å². The monoisotopic (exact) mass is 242 g/mol. The Balaban J connectivity index is 2.41. The van der Waals surface area contributed by atoms with Gasteiger partial charge in [-0.1, -0.05) is 0 Å². The van der Waals surface area contributed by atoms with E-state index in [1.54, 1.807) is 0 Å². The number of carbonyl (C=O) groups excluding carboxylic acids is 1. The van der Waals surface area contributed by atoms with Gasteiger partial charge in [0.05, 0.1) is 5.01 Å². The molecule has 0 aliphatic heterocycles. The molecule has 1 rings (SSSR count). The fourth-order valence-corrected chi connectivity index (χ4v) is 2.08. The SMILES string of the molecule is Cc1nc(C(=O)NCCCC(=O)O)c(C)s1. The molecule has 0 aromatic carbocycles. The molecular formula is C10H14N2O3S. The Morgan fingerprint density at radius 2 is 2.12 bits per heavy atom. The van der Waals surface area contributed by atoms with Crippen molar-refractivity contribution in [2.75, 3.05) is 6.54 Å². The average Bonchev–Trinajstić information content (AvgIpc) is 2.52. The lowest BCUT2D eigenvalue weighted by Gasteiger charge is -2.02. The van der Waals surface area contributed by atoms with Gasteiger partial charge in [0.2, 0.25) is 0 Å². The van der Waals surface area contributed by atoms with Crippen LogP contribution in [0.25, 0.3) is 0 Å². The van der Waals surface area contributed by atoms with Gasteiger partial charge in [0.25, 0.3) is 5.91 Å². The third kappa shape index (κ3) is 3.62. The fraction of sp³-hybridized carbons (Fsp3) is 0.500. The molecule has 2 N–H and O–H groups in total. The first-order chi connectivity index (χ1) is 7.50. The van der Waals surface area contributed by atoms with Crippen LogP contribution in [0.3, 0.4) is 0 Å². The van der Waals surface area contributed by atoms with Crippen molar-refractivity contribution < 1.29 is 14.7 Å². The van der Waals surface area contributed by atoms with Gasteiger partial charge in [0.15, 0.2) is 0 Å². The number of carboxylic acid groups (broad SMARTS) is 1. The minimum atomic E-state index is -0.852. The van der Waals surface area contributed by atoms with E-state index in [1.807, 2.05) is 13.8 Å². The molecule has 5 nitrogen and oxygen atoms in total. The Labute approximate surface area is 97.5 Å². The van der Waals surface area contributed by atoms with E-state index in [0.29, 0.717) is 18.7 Å². The number of nitrogens with one attached hydrogen (secondary N) is 1. The lowest BCUT2D eigenvalue weighted by Crippen LogP contribution is -2.25. The maximum Gasteiger partial charge on any atom is 0.303 e. The maximum atomic E-state index is 11.6. The van der Waals surface area contributed by atoms with Crippen molar-refractivity contribution >= 4 is 23.2 Å². The summed E-state index contributed by atoms with van der Waals surface area (Å²) in [5.74, 6) is -1.08. The summed E-state index contributed by atoms with van der Waals surface area (Å²) in [5.41, 5.74) is 0.442. The second-order valence-electron chi connectivity index (χ2n) is 3.39. The summed E-state index contributed by atoms with van der Waals surface area (Å²) in [6.45, 7) is 4.05. The minimum absolute atomic E-state index is 0.0648. The summed E-state index contributed by atoms with van der Waals surface area (Å²) >= 11 is 1.48. The molecule has 1 amide bonds. The number of carbonyl (C=O) groups is 2. The van der Waals surface area contributed by atoms with Crippen LogP contribution >= 0.6 is 11.3 Å². The fourth-order valence-electron chi connectivity index (χ4n) is 1.26. The van der Waals surface area contributed by atoms with E-state index in [9.17, 15) is 9.59 Å². The molecule has 1 aromatic heterocycles. The van der Waals surface area contributed by atoms with Crippen molar-refractivity contribution in [3.05, 3.63) is 15.6 Å². The molecule has 0 aliphatic carbocycles. The van der Waals surface area contributed by atoms with Gasteiger partial charge in [-0.15, -0.1) is 11.3 Å². The van der Waals surface area contributed by atoms with Crippen molar-refractivity contribution in [2.45, 2.75) is 26.7 Å². The first-order valence-corrected chi connectivity index (χ1v) is 5.76. The van der Waals surface area contributed by atoms with Crippen LogP contribution in [0.4, 0.5) is 0 Å². The van der Waals surface area contributed by atoms with Crippen LogP contribution in [0.5, 0.6) is 0 Å². The Hall–Kier alpha value is -1.43. The first-order valence-electron chi connectivity index (χ1n) is 4.94. The molecule has 0 aliphatic rings. The highest BCUT2D eigenvalue weighted by Gasteiger charge is 2.13. The average molecular weight is 242 g/mol. The molecule has 0 radical (unpaired) electrons. The van der Waals surface area contributed by atoms with E-state index < -0.39 is 5.97 Å². The highest BCUT2D eigenvalue weighted by Crippen LogP contribution is 2.15. The van der Waals surface area contributed by atoms with Crippen LogP contribution in [-0.2, 0) is 4.79 Å². The van der Waals surface area contributed by atoms with Crippen molar-refractivity contribution in [1.29, 1.82) is 0 Å². The lowest BCUT2D eigenvalue weighted by atomic mass is 10.3. The number of nitrogens with zero attached hydrogens (tertiary/aromatic N) is 1. The number of aliphatic carboxylic acids is 1. The van der Waals surface area contributed by atoms with Crippen LogP contribution in [0.15, 0.2) is 0 Å². The Bertz CT molecular complexity index is 401. The van der Waals surface area contributed by atoms with Gasteiger partial charge >= 0.3 is 5.97 Å². The van der Waals surface area contributed by atoms with Crippen molar-refractivity contribution in [3.8, 4) is 0 Å². The van der Waals surface area contributed by atoms with E-state index in [4.69, 9.17) is 5.11 Å². The van der Waals surface area contributed by atoms with Gasteiger partial charge in [-0.3, -0.25) is 9.59 Å². The summed E-state index contributed by atoms with van der Waals surface area (Å²) in [7, 11) is 0. The zero-order chi connectivity index (χ0) is 12.1. The van der Waals surface area contributed by atoms with Gasteiger partial charge in [-0.25, -0.2) is 4.98 Å². The van der Waals surface area contributed by atoms with Crippen molar-refractivity contribution in [1.82, 2.24) is 10.3 Å². The zero-order valence-corrected chi connectivity index (χ0v) is 10.1. The Kier molecular flexibility index (Phi) is 4.42. The molecule has 1 aromatic rings. The number of thiazole rings is 1. The molecule has 0 unspecified atom stereocenters. The molecule has 1 heterocycles. The van der Waals surface area contributed by atoms with E-state index >= 15 is 0 Å². The Morgan fingerprint density at radius 3 is 2.62 bits per heavy atom. The quantitative estimate of drug-likeness (QED) is 0.764. The van der Waals surface area contributed by atoms with Crippen LogP contribution in [0.2, 0.25) is 0 Å². The third-order valence-corrected chi connectivity index (χ3v) is 2.86.